The summed E-state index contributed by atoms with van der Waals surface area (Å²) in [5.41, 5.74) is 0.362. The van der Waals surface area contributed by atoms with E-state index in [1.54, 1.807) is 24.3 Å². The van der Waals surface area contributed by atoms with Crippen molar-refractivity contribution in [1.82, 2.24) is 0 Å². The molecule has 0 radical (unpaired) electrons. The highest BCUT2D eigenvalue weighted by Crippen LogP contribution is 2.27. The van der Waals surface area contributed by atoms with Crippen molar-refractivity contribution in [1.29, 1.82) is 0 Å². The van der Waals surface area contributed by atoms with E-state index in [2.05, 4.69) is 5.32 Å². The zero-order valence-corrected chi connectivity index (χ0v) is 15.8. The number of halogens is 2. The smallest absolute Gasteiger partial charge is 0.375 e. The molecule has 3 aromatic rings. The lowest BCUT2D eigenvalue weighted by molar-refractivity contribution is -0.123. The van der Waals surface area contributed by atoms with Gasteiger partial charge < -0.3 is 19.2 Å². The quantitative estimate of drug-likeness (QED) is 0.591. The van der Waals surface area contributed by atoms with Crippen LogP contribution in [-0.2, 0) is 20.9 Å². The van der Waals surface area contributed by atoms with Gasteiger partial charge in [-0.2, -0.15) is 0 Å². The van der Waals surface area contributed by atoms with E-state index < -0.39 is 35.3 Å². The molecule has 1 heterocycles. The van der Waals surface area contributed by atoms with E-state index in [0.29, 0.717) is 23.1 Å². The monoisotopic (exact) mass is 403 g/mol. The Morgan fingerprint density at radius 1 is 1.10 bits per heavy atom. The molecular formula is C21H19F2NO5. The molecule has 1 atom stereocenters. The van der Waals surface area contributed by atoms with Crippen LogP contribution in [0.3, 0.4) is 0 Å². The van der Waals surface area contributed by atoms with E-state index in [9.17, 15) is 18.4 Å². The third-order valence-electron chi connectivity index (χ3n) is 4.20. The third kappa shape index (κ3) is 4.43. The summed E-state index contributed by atoms with van der Waals surface area (Å²) in [6.07, 6.45) is -1.32. The van der Waals surface area contributed by atoms with Crippen molar-refractivity contribution in [3.05, 3.63) is 65.4 Å². The first-order valence-electron chi connectivity index (χ1n) is 8.96. The molecule has 1 aromatic heterocycles. The Balaban J connectivity index is 1.78. The number of hydrogen-bond donors (Lipinski definition) is 1. The van der Waals surface area contributed by atoms with E-state index in [1.165, 1.54) is 13.0 Å². The molecule has 8 heteroatoms. The van der Waals surface area contributed by atoms with Gasteiger partial charge in [-0.3, -0.25) is 4.79 Å². The lowest BCUT2D eigenvalue weighted by atomic mass is 10.1. The van der Waals surface area contributed by atoms with Crippen LogP contribution in [0, 0.1) is 11.6 Å². The number of fused-ring (bicyclic) bond motifs is 1. The summed E-state index contributed by atoms with van der Waals surface area (Å²) in [4.78, 5) is 24.8. The summed E-state index contributed by atoms with van der Waals surface area (Å²) in [6, 6.07) is 10.2. The van der Waals surface area contributed by atoms with Gasteiger partial charge in [0.15, 0.2) is 6.10 Å². The number of esters is 1. The Morgan fingerprint density at radius 2 is 1.79 bits per heavy atom. The molecule has 152 valence electrons. The number of amides is 1. The van der Waals surface area contributed by atoms with Crippen LogP contribution in [0.5, 0.6) is 0 Å². The maximum absolute atomic E-state index is 13.7. The third-order valence-corrected chi connectivity index (χ3v) is 4.20. The molecule has 29 heavy (non-hydrogen) atoms. The summed E-state index contributed by atoms with van der Waals surface area (Å²) in [5, 5.41) is 2.78. The number of nitrogens with one attached hydrogen (secondary N) is 1. The Kier molecular flexibility index (Phi) is 6.23. The summed E-state index contributed by atoms with van der Waals surface area (Å²) >= 11 is 0. The van der Waals surface area contributed by atoms with Crippen LogP contribution >= 0.6 is 0 Å². The topological polar surface area (TPSA) is 77.8 Å². The van der Waals surface area contributed by atoms with Crippen molar-refractivity contribution >= 4 is 28.5 Å². The van der Waals surface area contributed by atoms with E-state index in [4.69, 9.17) is 13.9 Å². The molecule has 0 bridgehead atoms. The van der Waals surface area contributed by atoms with Gasteiger partial charge in [-0.15, -0.1) is 0 Å². The molecule has 0 saturated carbocycles. The molecule has 6 nitrogen and oxygen atoms in total. The number of rotatable bonds is 7. The Labute approximate surface area is 165 Å². The molecule has 0 unspecified atom stereocenters. The average Bonchev–Trinajstić information content (AvgIpc) is 3.07. The van der Waals surface area contributed by atoms with Crippen molar-refractivity contribution in [3.63, 3.8) is 0 Å². The van der Waals surface area contributed by atoms with Crippen LogP contribution in [0.2, 0.25) is 0 Å². The molecule has 0 aliphatic heterocycles. The standard InChI is InChI=1S/C21H19F2NO5/c1-3-27-11-14-13-7-4-5-10-17(13)29-19(14)21(26)28-12(2)20(25)24-18-15(22)8-6-9-16(18)23/h4-10,12H,3,11H2,1-2H3,(H,24,25)/t12-/m1/s1. The van der Waals surface area contributed by atoms with E-state index in [0.717, 1.165) is 12.1 Å². The number of carbonyl (C=O) groups is 2. The number of benzene rings is 2. The van der Waals surface area contributed by atoms with Crippen molar-refractivity contribution in [2.24, 2.45) is 0 Å². The molecule has 0 saturated heterocycles. The molecule has 3 rings (SSSR count). The average molecular weight is 403 g/mol. The first-order chi connectivity index (χ1) is 13.9. The molecule has 0 aliphatic carbocycles. The summed E-state index contributed by atoms with van der Waals surface area (Å²) < 4.78 is 43.5. The number of anilines is 1. The van der Waals surface area contributed by atoms with Gasteiger partial charge in [-0.25, -0.2) is 13.6 Å². The molecule has 2 aromatic carbocycles. The lowest BCUT2D eigenvalue weighted by Gasteiger charge is -2.14. The lowest BCUT2D eigenvalue weighted by Crippen LogP contribution is -2.30. The molecule has 0 aliphatic rings. The SMILES string of the molecule is CCOCc1c(C(=O)O[C@H](C)C(=O)Nc2c(F)cccc2F)oc2ccccc12. The minimum Gasteiger partial charge on any atom is -0.449 e. The van der Waals surface area contributed by atoms with E-state index in [-0.39, 0.29) is 12.4 Å². The van der Waals surface area contributed by atoms with E-state index >= 15 is 0 Å². The first-order valence-corrected chi connectivity index (χ1v) is 8.96. The van der Waals surface area contributed by atoms with Gasteiger partial charge in [0.1, 0.15) is 22.9 Å². The maximum Gasteiger partial charge on any atom is 0.375 e. The van der Waals surface area contributed by atoms with Gasteiger partial charge in [0.25, 0.3) is 5.91 Å². The van der Waals surface area contributed by atoms with Crippen molar-refractivity contribution in [3.8, 4) is 0 Å². The zero-order valence-electron chi connectivity index (χ0n) is 15.8. The summed E-state index contributed by atoms with van der Waals surface area (Å²) in [5.74, 6) is -3.73. The predicted molar refractivity (Wildman–Crippen MR) is 101 cm³/mol. The zero-order chi connectivity index (χ0) is 21.0. The van der Waals surface area contributed by atoms with Crippen LogP contribution in [0.1, 0.15) is 30.0 Å². The minimum atomic E-state index is -1.32. The highest BCUT2D eigenvalue weighted by Gasteiger charge is 2.26. The number of carbonyl (C=O) groups excluding carboxylic acids is 2. The second-order valence-electron chi connectivity index (χ2n) is 6.18. The van der Waals surface area contributed by atoms with Crippen molar-refractivity contribution < 1.29 is 32.3 Å². The normalized spacial score (nSPS) is 12.0. The van der Waals surface area contributed by atoms with Crippen LogP contribution in [0.15, 0.2) is 46.9 Å². The van der Waals surface area contributed by atoms with Crippen LogP contribution in [0.4, 0.5) is 14.5 Å². The van der Waals surface area contributed by atoms with Gasteiger partial charge in [-0.05, 0) is 32.0 Å². The van der Waals surface area contributed by atoms with Crippen molar-refractivity contribution in [2.75, 3.05) is 11.9 Å². The van der Waals surface area contributed by atoms with Gasteiger partial charge in [0.05, 0.1) is 6.61 Å². The van der Waals surface area contributed by atoms with Gasteiger partial charge >= 0.3 is 5.97 Å². The Bertz CT molecular complexity index is 1030. The predicted octanol–water partition coefficient (Wildman–Crippen LogP) is 4.43. The fraction of sp³-hybridized carbons (Fsp3) is 0.238. The molecular weight excluding hydrogens is 384 g/mol. The Hall–Kier alpha value is -3.26. The highest BCUT2D eigenvalue weighted by atomic mass is 19.1. The highest BCUT2D eigenvalue weighted by molar-refractivity contribution is 5.99. The maximum atomic E-state index is 13.7. The van der Waals surface area contributed by atoms with Gasteiger partial charge in [0.2, 0.25) is 5.76 Å². The summed E-state index contributed by atoms with van der Waals surface area (Å²) in [7, 11) is 0. The number of hydrogen-bond acceptors (Lipinski definition) is 5. The largest absolute Gasteiger partial charge is 0.449 e. The minimum absolute atomic E-state index is 0.0867. The number of para-hydroxylation sites is 2. The summed E-state index contributed by atoms with van der Waals surface area (Å²) in [6.45, 7) is 3.66. The molecule has 0 fully saturated rings. The number of furan rings is 1. The van der Waals surface area contributed by atoms with Crippen molar-refractivity contribution in [2.45, 2.75) is 26.6 Å². The second kappa shape index (κ2) is 8.83. The fourth-order valence-electron chi connectivity index (χ4n) is 2.72. The first kappa shape index (κ1) is 20.5. The number of ether oxygens (including phenoxy) is 2. The molecule has 1 amide bonds. The molecule has 0 spiro atoms. The van der Waals surface area contributed by atoms with Gasteiger partial charge in [-0.1, -0.05) is 24.3 Å². The molecule has 1 N–H and O–H groups in total. The van der Waals surface area contributed by atoms with Crippen LogP contribution < -0.4 is 5.32 Å². The van der Waals surface area contributed by atoms with Crippen LogP contribution in [-0.4, -0.2) is 24.6 Å². The Morgan fingerprint density at radius 3 is 2.48 bits per heavy atom. The van der Waals surface area contributed by atoms with E-state index in [1.807, 2.05) is 6.92 Å². The second-order valence-corrected chi connectivity index (χ2v) is 6.18. The van der Waals surface area contributed by atoms with Gasteiger partial charge in [0, 0.05) is 17.6 Å². The van der Waals surface area contributed by atoms with Crippen LogP contribution in [0.25, 0.3) is 11.0 Å². The fourth-order valence-corrected chi connectivity index (χ4v) is 2.72.